The van der Waals surface area contributed by atoms with Crippen LogP contribution in [-0.4, -0.2) is 23.9 Å². The van der Waals surface area contributed by atoms with Gasteiger partial charge in [-0.3, -0.25) is 0 Å². The molecular weight excluding hydrogens is 354 g/mol. The first-order valence-corrected chi connectivity index (χ1v) is 8.70. The molecule has 0 spiro atoms. The predicted molar refractivity (Wildman–Crippen MR) is 104 cm³/mol. The van der Waals surface area contributed by atoms with Crippen molar-refractivity contribution in [1.29, 1.82) is 15.8 Å². The van der Waals surface area contributed by atoms with Crippen molar-refractivity contribution in [2.24, 2.45) is 0 Å². The largest absolute Gasteiger partial charge is 0.491 e. The molecule has 1 aromatic rings. The third-order valence-corrected chi connectivity index (χ3v) is 4.41. The molecule has 28 heavy (non-hydrogen) atoms. The lowest BCUT2D eigenvalue weighted by atomic mass is 9.93. The van der Waals surface area contributed by atoms with Gasteiger partial charge in [0.1, 0.15) is 41.7 Å². The number of benzene rings is 1. The lowest BCUT2D eigenvalue weighted by Crippen LogP contribution is -2.20. The van der Waals surface area contributed by atoms with Gasteiger partial charge >= 0.3 is 0 Å². The summed E-state index contributed by atoms with van der Waals surface area (Å²) in [6, 6.07) is 9.48. The van der Waals surface area contributed by atoms with Crippen LogP contribution >= 0.6 is 0 Å². The number of aryl methyl sites for hydroxylation is 2. The number of rotatable bonds is 5. The first-order valence-electron chi connectivity index (χ1n) is 8.70. The zero-order valence-corrected chi connectivity index (χ0v) is 16.3. The van der Waals surface area contributed by atoms with Gasteiger partial charge in [-0.1, -0.05) is 12.2 Å². The van der Waals surface area contributed by atoms with Gasteiger partial charge in [-0.25, -0.2) is 0 Å². The van der Waals surface area contributed by atoms with Crippen LogP contribution in [0.15, 0.2) is 40.7 Å². The minimum absolute atomic E-state index is 0.0257. The summed E-state index contributed by atoms with van der Waals surface area (Å²) in [4.78, 5) is 0. The van der Waals surface area contributed by atoms with Crippen LogP contribution in [0.3, 0.4) is 0 Å². The molecule has 0 unspecified atom stereocenters. The van der Waals surface area contributed by atoms with Gasteiger partial charge in [0.2, 0.25) is 0 Å². The quantitative estimate of drug-likeness (QED) is 0.787. The van der Waals surface area contributed by atoms with Crippen molar-refractivity contribution in [2.75, 3.05) is 13.2 Å². The summed E-state index contributed by atoms with van der Waals surface area (Å²) in [7, 11) is 0. The lowest BCUT2D eigenvalue weighted by Gasteiger charge is -2.20. The molecular formula is C22H21N3O3. The van der Waals surface area contributed by atoms with Gasteiger partial charge in [-0.2, -0.15) is 15.8 Å². The van der Waals surface area contributed by atoms with Gasteiger partial charge in [0.15, 0.2) is 11.3 Å². The van der Waals surface area contributed by atoms with E-state index in [1.54, 1.807) is 32.1 Å². The topological polar surface area (TPSA) is 110 Å². The Bertz CT molecular complexity index is 993. The molecule has 6 nitrogen and oxygen atoms in total. The Morgan fingerprint density at radius 2 is 1.82 bits per heavy atom. The fraction of sp³-hybridized carbons (Fsp3) is 0.318. The standard InChI is InChI=1S/C22H21N3O3/c1-14-10-20(27-8-7-26)15(2)9-16(14)5-6-19-18(13-25)21(17(11-23)12-24)28-22(19,3)4/h5-6,9-10,26H,7-8H2,1-4H3/b6-5+. The fourth-order valence-electron chi connectivity index (χ4n) is 2.96. The molecule has 0 saturated heterocycles. The molecule has 2 rings (SSSR count). The Labute approximate surface area is 164 Å². The van der Waals surface area contributed by atoms with Gasteiger partial charge in [0, 0.05) is 5.57 Å². The molecule has 0 amide bonds. The number of allylic oxidation sites excluding steroid dienone is 2. The summed E-state index contributed by atoms with van der Waals surface area (Å²) in [5.74, 6) is 0.737. The maximum atomic E-state index is 9.58. The van der Waals surface area contributed by atoms with Crippen LogP contribution in [0.4, 0.5) is 0 Å². The van der Waals surface area contributed by atoms with Crippen molar-refractivity contribution in [3.63, 3.8) is 0 Å². The van der Waals surface area contributed by atoms with E-state index in [4.69, 9.17) is 25.1 Å². The Hall–Kier alpha value is -3.53. The van der Waals surface area contributed by atoms with Gasteiger partial charge in [0.25, 0.3) is 0 Å². The summed E-state index contributed by atoms with van der Waals surface area (Å²) in [5, 5.41) is 36.8. The average molecular weight is 375 g/mol. The summed E-state index contributed by atoms with van der Waals surface area (Å²) < 4.78 is 11.3. The maximum absolute atomic E-state index is 9.58. The van der Waals surface area contributed by atoms with E-state index in [1.165, 1.54) is 0 Å². The lowest BCUT2D eigenvalue weighted by molar-refractivity contribution is 0.0954. The number of hydrogen-bond acceptors (Lipinski definition) is 6. The van der Waals surface area contributed by atoms with E-state index in [2.05, 4.69) is 6.07 Å². The highest BCUT2D eigenvalue weighted by molar-refractivity contribution is 5.66. The molecule has 0 atom stereocenters. The SMILES string of the molecule is Cc1cc(OCCO)c(C)cc1/C=C/C1=C(C#N)C(=C(C#N)C#N)OC1(C)C. The number of aliphatic hydroxyl groups excluding tert-OH is 1. The highest BCUT2D eigenvalue weighted by atomic mass is 16.5. The summed E-state index contributed by atoms with van der Waals surface area (Å²) in [6.07, 6.45) is 3.66. The number of hydrogen-bond donors (Lipinski definition) is 1. The van der Waals surface area contributed by atoms with Crippen molar-refractivity contribution in [1.82, 2.24) is 0 Å². The van der Waals surface area contributed by atoms with Crippen molar-refractivity contribution in [3.8, 4) is 24.0 Å². The van der Waals surface area contributed by atoms with Gasteiger partial charge in [-0.05, 0) is 56.5 Å². The smallest absolute Gasteiger partial charge is 0.172 e. The molecule has 0 radical (unpaired) electrons. The molecule has 1 aliphatic rings. The van der Waals surface area contributed by atoms with Gasteiger partial charge in [-0.15, -0.1) is 0 Å². The van der Waals surface area contributed by atoms with Crippen molar-refractivity contribution in [2.45, 2.75) is 33.3 Å². The molecule has 6 heteroatoms. The van der Waals surface area contributed by atoms with E-state index in [1.807, 2.05) is 32.1 Å². The molecule has 142 valence electrons. The predicted octanol–water partition coefficient (Wildman–Crippen LogP) is 3.62. The normalized spacial score (nSPS) is 15.0. The van der Waals surface area contributed by atoms with Gasteiger partial charge in [0.05, 0.1) is 6.61 Å². The summed E-state index contributed by atoms with van der Waals surface area (Å²) in [6.45, 7) is 7.60. The molecule has 1 heterocycles. The van der Waals surface area contributed by atoms with E-state index in [0.29, 0.717) is 11.3 Å². The second kappa shape index (κ2) is 8.44. The summed E-state index contributed by atoms with van der Waals surface area (Å²) >= 11 is 0. The Morgan fingerprint density at radius 3 is 2.39 bits per heavy atom. The van der Waals surface area contributed by atoms with Crippen LogP contribution in [0.2, 0.25) is 0 Å². The molecule has 0 aromatic heterocycles. The molecule has 0 saturated carbocycles. The summed E-state index contributed by atoms with van der Waals surface area (Å²) in [5.41, 5.74) is 2.56. The molecule has 0 fully saturated rings. The molecule has 0 aliphatic carbocycles. The zero-order valence-electron chi connectivity index (χ0n) is 16.3. The average Bonchev–Trinajstić information content (AvgIpc) is 2.91. The number of ether oxygens (including phenoxy) is 2. The van der Waals surface area contributed by atoms with Crippen LogP contribution < -0.4 is 4.74 Å². The van der Waals surface area contributed by atoms with Crippen LogP contribution in [-0.2, 0) is 4.74 Å². The van der Waals surface area contributed by atoms with E-state index < -0.39 is 5.60 Å². The number of aliphatic hydroxyl groups is 1. The minimum Gasteiger partial charge on any atom is -0.491 e. The molecule has 1 aliphatic heterocycles. The van der Waals surface area contributed by atoms with Crippen molar-refractivity contribution >= 4 is 6.08 Å². The Morgan fingerprint density at radius 1 is 1.14 bits per heavy atom. The number of nitriles is 3. The molecule has 1 aromatic carbocycles. The van der Waals surface area contributed by atoms with E-state index >= 15 is 0 Å². The van der Waals surface area contributed by atoms with E-state index in [-0.39, 0.29) is 30.1 Å². The maximum Gasteiger partial charge on any atom is 0.172 e. The first-order chi connectivity index (χ1) is 13.3. The zero-order chi connectivity index (χ0) is 20.9. The van der Waals surface area contributed by atoms with Crippen molar-refractivity contribution < 1.29 is 14.6 Å². The van der Waals surface area contributed by atoms with Crippen LogP contribution in [0, 0.1) is 47.8 Å². The monoisotopic (exact) mass is 375 g/mol. The number of nitrogens with zero attached hydrogens (tertiary/aromatic N) is 3. The first kappa shape index (κ1) is 20.8. The highest BCUT2D eigenvalue weighted by Gasteiger charge is 2.38. The fourth-order valence-corrected chi connectivity index (χ4v) is 2.96. The van der Waals surface area contributed by atoms with E-state index in [0.717, 1.165) is 16.7 Å². The second-order valence-electron chi connectivity index (χ2n) is 6.82. The van der Waals surface area contributed by atoms with Crippen LogP contribution in [0.1, 0.15) is 30.5 Å². The Kier molecular flexibility index (Phi) is 6.26. The Balaban J connectivity index is 2.50. The van der Waals surface area contributed by atoms with Gasteiger partial charge < -0.3 is 14.6 Å². The second-order valence-corrected chi connectivity index (χ2v) is 6.82. The highest BCUT2D eigenvalue weighted by Crippen LogP contribution is 2.40. The van der Waals surface area contributed by atoms with Crippen molar-refractivity contribution in [3.05, 3.63) is 57.4 Å². The van der Waals surface area contributed by atoms with Crippen LogP contribution in [0.5, 0.6) is 5.75 Å². The van der Waals surface area contributed by atoms with Crippen LogP contribution in [0.25, 0.3) is 6.08 Å². The molecule has 1 N–H and O–H groups in total. The molecule has 0 bridgehead atoms. The third-order valence-electron chi connectivity index (χ3n) is 4.41. The minimum atomic E-state index is -0.844. The third kappa shape index (κ3) is 4.07. The van der Waals surface area contributed by atoms with E-state index in [9.17, 15) is 5.26 Å².